The monoisotopic (exact) mass is 403 g/mol. The average Bonchev–Trinajstić information content (AvgIpc) is 3.01. The molecular formula is C19H16F3N5O2. The third kappa shape index (κ3) is 4.35. The van der Waals surface area contributed by atoms with E-state index in [0.29, 0.717) is 16.8 Å². The highest BCUT2D eigenvalue weighted by molar-refractivity contribution is 5.96. The molecule has 2 aromatic carbocycles. The molecule has 0 unspecified atom stereocenters. The van der Waals surface area contributed by atoms with Crippen LogP contribution in [-0.2, 0) is 17.5 Å². The lowest BCUT2D eigenvalue weighted by Gasteiger charge is -2.21. The van der Waals surface area contributed by atoms with Crippen molar-refractivity contribution in [1.82, 2.24) is 15.0 Å². The van der Waals surface area contributed by atoms with Crippen molar-refractivity contribution >= 4 is 22.6 Å². The fourth-order valence-electron chi connectivity index (χ4n) is 2.69. The van der Waals surface area contributed by atoms with Gasteiger partial charge in [0.1, 0.15) is 11.0 Å². The van der Waals surface area contributed by atoms with Crippen molar-refractivity contribution in [2.45, 2.75) is 32.2 Å². The van der Waals surface area contributed by atoms with Crippen molar-refractivity contribution in [2.24, 2.45) is 0 Å². The standard InChI is InChI=1S/C19H16F3N5O2/c1-11-7-14(5-3-12(11)9-23)24-17(28)18(2,29)10-27-25-15-6-4-13(19(20,21)22)8-16(15)26-27/h3-8,29H,10H2,1-2H3,(H,24,28)/t18-/m0/s1. The van der Waals surface area contributed by atoms with Crippen molar-refractivity contribution in [2.75, 3.05) is 5.32 Å². The number of nitriles is 1. The zero-order chi connectivity index (χ0) is 21.4. The number of rotatable bonds is 4. The van der Waals surface area contributed by atoms with Gasteiger partial charge in [-0.2, -0.15) is 33.4 Å². The Kier molecular flexibility index (Phi) is 5.02. The van der Waals surface area contributed by atoms with Crippen molar-refractivity contribution in [3.63, 3.8) is 0 Å². The second kappa shape index (κ2) is 7.18. The molecule has 1 amide bonds. The molecular weight excluding hydrogens is 387 g/mol. The summed E-state index contributed by atoms with van der Waals surface area (Å²) in [6.07, 6.45) is -4.51. The highest BCUT2D eigenvalue weighted by Gasteiger charge is 2.33. The Morgan fingerprint density at radius 2 is 1.90 bits per heavy atom. The minimum atomic E-state index is -4.51. The van der Waals surface area contributed by atoms with E-state index in [0.717, 1.165) is 16.9 Å². The first-order valence-electron chi connectivity index (χ1n) is 8.46. The number of hydrogen-bond donors (Lipinski definition) is 2. The maximum absolute atomic E-state index is 12.8. The van der Waals surface area contributed by atoms with Gasteiger partial charge in [0.25, 0.3) is 5.91 Å². The lowest BCUT2D eigenvalue weighted by Crippen LogP contribution is -2.44. The summed E-state index contributed by atoms with van der Waals surface area (Å²) in [5, 5.41) is 30.0. The Morgan fingerprint density at radius 1 is 1.21 bits per heavy atom. The first-order valence-corrected chi connectivity index (χ1v) is 8.46. The summed E-state index contributed by atoms with van der Waals surface area (Å²) in [5.41, 5.74) is -1.09. The molecule has 0 aliphatic heterocycles. The van der Waals surface area contributed by atoms with E-state index in [1.807, 2.05) is 6.07 Å². The minimum absolute atomic E-state index is 0.00116. The molecule has 0 saturated heterocycles. The van der Waals surface area contributed by atoms with Crippen LogP contribution in [0.2, 0.25) is 0 Å². The third-order valence-electron chi connectivity index (χ3n) is 4.29. The summed E-state index contributed by atoms with van der Waals surface area (Å²) in [6.45, 7) is 2.58. The van der Waals surface area contributed by atoms with E-state index >= 15 is 0 Å². The van der Waals surface area contributed by atoms with Gasteiger partial charge in [-0.1, -0.05) is 0 Å². The number of fused-ring (bicyclic) bond motifs is 1. The Balaban J connectivity index is 1.78. The number of carbonyl (C=O) groups is 1. The number of aromatic nitrogens is 3. The molecule has 0 radical (unpaired) electrons. The zero-order valence-electron chi connectivity index (χ0n) is 15.4. The molecule has 3 aromatic rings. The average molecular weight is 403 g/mol. The van der Waals surface area contributed by atoms with Crippen molar-refractivity contribution < 1.29 is 23.1 Å². The van der Waals surface area contributed by atoms with Gasteiger partial charge in [0, 0.05) is 5.69 Å². The first kappa shape index (κ1) is 20.3. The second-order valence-corrected chi connectivity index (χ2v) is 6.80. The van der Waals surface area contributed by atoms with Crippen LogP contribution in [0.15, 0.2) is 36.4 Å². The summed E-state index contributed by atoms with van der Waals surface area (Å²) in [7, 11) is 0. The van der Waals surface area contributed by atoms with E-state index in [1.54, 1.807) is 19.1 Å². The molecule has 29 heavy (non-hydrogen) atoms. The Morgan fingerprint density at radius 3 is 2.52 bits per heavy atom. The lowest BCUT2D eigenvalue weighted by molar-refractivity contribution is -0.137. The topological polar surface area (TPSA) is 104 Å². The normalized spacial score (nSPS) is 13.7. The van der Waals surface area contributed by atoms with Crippen LogP contribution >= 0.6 is 0 Å². The van der Waals surface area contributed by atoms with E-state index in [9.17, 15) is 23.1 Å². The summed E-state index contributed by atoms with van der Waals surface area (Å²) in [6, 6.07) is 9.59. The van der Waals surface area contributed by atoms with E-state index in [1.165, 1.54) is 19.1 Å². The van der Waals surface area contributed by atoms with Gasteiger partial charge in [-0.05, 0) is 55.8 Å². The summed E-state index contributed by atoms with van der Waals surface area (Å²) < 4.78 is 38.5. The number of nitrogens with zero attached hydrogens (tertiary/aromatic N) is 4. The highest BCUT2D eigenvalue weighted by Crippen LogP contribution is 2.30. The largest absolute Gasteiger partial charge is 0.416 e. The molecule has 3 rings (SSSR count). The van der Waals surface area contributed by atoms with Crippen LogP contribution in [0.3, 0.4) is 0 Å². The number of amides is 1. The van der Waals surface area contributed by atoms with Gasteiger partial charge in [0.15, 0.2) is 5.60 Å². The maximum Gasteiger partial charge on any atom is 0.416 e. The van der Waals surface area contributed by atoms with Crippen LogP contribution in [0.25, 0.3) is 11.0 Å². The van der Waals surface area contributed by atoms with Gasteiger partial charge in [0.2, 0.25) is 0 Å². The molecule has 1 atom stereocenters. The number of nitrogens with one attached hydrogen (secondary N) is 1. The van der Waals surface area contributed by atoms with Crippen LogP contribution in [0, 0.1) is 18.3 Å². The number of hydrogen-bond acceptors (Lipinski definition) is 5. The molecule has 1 heterocycles. The predicted molar refractivity (Wildman–Crippen MR) is 97.7 cm³/mol. The smallest absolute Gasteiger partial charge is 0.378 e. The SMILES string of the molecule is Cc1cc(NC(=O)[C@@](C)(O)Cn2nc3ccc(C(F)(F)F)cc3n2)ccc1C#N. The Bertz CT molecular complexity index is 1130. The predicted octanol–water partition coefficient (Wildman–Crippen LogP) is 3.02. The molecule has 1 aromatic heterocycles. The number of anilines is 1. The molecule has 0 bridgehead atoms. The number of aryl methyl sites for hydroxylation is 1. The molecule has 0 saturated carbocycles. The highest BCUT2D eigenvalue weighted by atomic mass is 19.4. The Hall–Kier alpha value is -3.45. The maximum atomic E-state index is 12.8. The minimum Gasteiger partial charge on any atom is -0.378 e. The second-order valence-electron chi connectivity index (χ2n) is 6.80. The van der Waals surface area contributed by atoms with E-state index < -0.39 is 23.2 Å². The first-order chi connectivity index (χ1) is 13.5. The number of benzene rings is 2. The number of carbonyl (C=O) groups excluding carboxylic acids is 1. The lowest BCUT2D eigenvalue weighted by atomic mass is 10.1. The molecule has 2 N–H and O–H groups in total. The van der Waals surface area contributed by atoms with Gasteiger partial charge in [-0.3, -0.25) is 4.79 Å². The summed E-state index contributed by atoms with van der Waals surface area (Å²) >= 11 is 0. The van der Waals surface area contributed by atoms with Crippen molar-refractivity contribution in [3.05, 3.63) is 53.1 Å². The number of alkyl halides is 3. The van der Waals surface area contributed by atoms with Crippen molar-refractivity contribution in [1.29, 1.82) is 5.26 Å². The Labute approximate surface area is 163 Å². The summed E-state index contributed by atoms with van der Waals surface area (Å²) in [4.78, 5) is 13.4. The molecule has 0 aliphatic rings. The van der Waals surface area contributed by atoms with E-state index in [2.05, 4.69) is 15.5 Å². The van der Waals surface area contributed by atoms with Crippen LogP contribution in [0.5, 0.6) is 0 Å². The fraction of sp³-hybridized carbons (Fsp3) is 0.263. The van der Waals surface area contributed by atoms with E-state index in [4.69, 9.17) is 5.26 Å². The quantitative estimate of drug-likeness (QED) is 0.697. The van der Waals surface area contributed by atoms with Gasteiger partial charge in [-0.25, -0.2) is 0 Å². The number of halogens is 3. The summed E-state index contributed by atoms with van der Waals surface area (Å²) in [5.74, 6) is -0.751. The molecule has 7 nitrogen and oxygen atoms in total. The van der Waals surface area contributed by atoms with Crippen LogP contribution in [-0.4, -0.2) is 31.6 Å². The molecule has 10 heteroatoms. The van der Waals surface area contributed by atoms with Crippen molar-refractivity contribution in [3.8, 4) is 6.07 Å². The van der Waals surface area contributed by atoms with Crippen LogP contribution in [0.4, 0.5) is 18.9 Å². The van der Waals surface area contributed by atoms with E-state index in [-0.39, 0.29) is 17.6 Å². The third-order valence-corrected chi connectivity index (χ3v) is 4.29. The molecule has 0 aliphatic carbocycles. The van der Waals surface area contributed by atoms with Crippen LogP contribution in [0.1, 0.15) is 23.6 Å². The zero-order valence-corrected chi connectivity index (χ0v) is 15.4. The fourth-order valence-corrected chi connectivity index (χ4v) is 2.69. The van der Waals surface area contributed by atoms with Gasteiger partial charge in [-0.15, -0.1) is 0 Å². The molecule has 0 spiro atoms. The molecule has 0 fully saturated rings. The van der Waals surface area contributed by atoms with Gasteiger partial charge >= 0.3 is 6.18 Å². The molecule has 150 valence electrons. The van der Waals surface area contributed by atoms with Gasteiger partial charge in [0.05, 0.1) is 23.7 Å². The van der Waals surface area contributed by atoms with Gasteiger partial charge < -0.3 is 10.4 Å². The van der Waals surface area contributed by atoms with Crippen LogP contribution < -0.4 is 5.32 Å². The number of aliphatic hydroxyl groups is 1.